The molecule has 0 saturated heterocycles. The Labute approximate surface area is 121 Å². The molecule has 2 rings (SSSR count). The molecule has 1 unspecified atom stereocenters. The van der Waals surface area contributed by atoms with Gasteiger partial charge in [0.25, 0.3) is 0 Å². The smallest absolute Gasteiger partial charge is 0.148 e. The number of hydrogen-bond acceptors (Lipinski definition) is 2. The molecule has 0 aliphatic rings. The Morgan fingerprint density at radius 2 is 1.89 bits per heavy atom. The van der Waals surface area contributed by atoms with Crippen molar-refractivity contribution in [3.63, 3.8) is 0 Å². The molecular weight excluding hydrogens is 293 g/mol. The number of hydrogen-bond donors (Lipinski definition) is 1. The Morgan fingerprint density at radius 3 is 2.50 bits per heavy atom. The highest BCUT2D eigenvalue weighted by Gasteiger charge is 2.14. The SMILES string of the molecule is CC(Nc1ccn(C)n1)c1ccc(Cl)c(Cl)c1Cl. The van der Waals surface area contributed by atoms with E-state index >= 15 is 0 Å². The minimum absolute atomic E-state index is 0.0119. The van der Waals surface area contributed by atoms with Crippen LogP contribution in [0.3, 0.4) is 0 Å². The van der Waals surface area contributed by atoms with E-state index in [2.05, 4.69) is 10.4 Å². The van der Waals surface area contributed by atoms with E-state index in [1.807, 2.05) is 32.3 Å². The molecule has 2 aromatic rings. The van der Waals surface area contributed by atoms with Crippen LogP contribution in [-0.2, 0) is 7.05 Å². The Hall–Kier alpha value is -0.900. The highest BCUT2D eigenvalue weighted by molar-refractivity contribution is 6.48. The molecule has 0 fully saturated rings. The van der Waals surface area contributed by atoms with Crippen molar-refractivity contribution in [1.29, 1.82) is 0 Å². The first-order chi connectivity index (χ1) is 8.49. The van der Waals surface area contributed by atoms with E-state index in [-0.39, 0.29) is 6.04 Å². The van der Waals surface area contributed by atoms with Crippen molar-refractivity contribution in [3.05, 3.63) is 45.0 Å². The molecule has 6 heteroatoms. The lowest BCUT2D eigenvalue weighted by atomic mass is 10.1. The van der Waals surface area contributed by atoms with Gasteiger partial charge in [-0.15, -0.1) is 0 Å². The largest absolute Gasteiger partial charge is 0.362 e. The second-order valence-electron chi connectivity index (χ2n) is 4.01. The first-order valence-electron chi connectivity index (χ1n) is 5.38. The Kier molecular flexibility index (Phi) is 4.05. The van der Waals surface area contributed by atoms with E-state index in [1.54, 1.807) is 10.7 Å². The fourth-order valence-corrected chi connectivity index (χ4v) is 2.37. The average molecular weight is 305 g/mol. The maximum atomic E-state index is 6.18. The summed E-state index contributed by atoms with van der Waals surface area (Å²) in [5.74, 6) is 0.784. The molecule has 0 saturated carbocycles. The second kappa shape index (κ2) is 5.39. The summed E-state index contributed by atoms with van der Waals surface area (Å²) in [5, 5.41) is 8.80. The predicted molar refractivity (Wildman–Crippen MR) is 76.7 cm³/mol. The van der Waals surface area contributed by atoms with Crippen molar-refractivity contribution >= 4 is 40.6 Å². The average Bonchev–Trinajstić information content (AvgIpc) is 2.71. The van der Waals surface area contributed by atoms with Gasteiger partial charge in [0, 0.05) is 19.3 Å². The highest BCUT2D eigenvalue weighted by atomic mass is 35.5. The molecule has 96 valence electrons. The minimum atomic E-state index is -0.0119. The molecule has 0 aliphatic heterocycles. The van der Waals surface area contributed by atoms with E-state index in [9.17, 15) is 0 Å². The number of nitrogens with one attached hydrogen (secondary N) is 1. The van der Waals surface area contributed by atoms with Crippen molar-refractivity contribution in [2.24, 2.45) is 7.05 Å². The van der Waals surface area contributed by atoms with E-state index in [0.29, 0.717) is 15.1 Å². The van der Waals surface area contributed by atoms with E-state index in [4.69, 9.17) is 34.8 Å². The van der Waals surface area contributed by atoms with Gasteiger partial charge in [0.1, 0.15) is 5.82 Å². The molecule has 1 aromatic heterocycles. The zero-order valence-electron chi connectivity index (χ0n) is 9.92. The first-order valence-corrected chi connectivity index (χ1v) is 6.52. The van der Waals surface area contributed by atoms with Gasteiger partial charge >= 0.3 is 0 Å². The summed E-state index contributed by atoms with van der Waals surface area (Å²) in [6.45, 7) is 1.99. The van der Waals surface area contributed by atoms with E-state index in [0.717, 1.165) is 11.4 Å². The summed E-state index contributed by atoms with van der Waals surface area (Å²) in [5.41, 5.74) is 0.886. The van der Waals surface area contributed by atoms with Crippen LogP contribution in [0.15, 0.2) is 24.4 Å². The molecule has 1 aromatic carbocycles. The van der Waals surface area contributed by atoms with Gasteiger partial charge in [0.15, 0.2) is 0 Å². The van der Waals surface area contributed by atoms with Crippen LogP contribution in [0, 0.1) is 0 Å². The molecule has 0 amide bonds. The number of rotatable bonds is 3. The molecule has 0 bridgehead atoms. The van der Waals surface area contributed by atoms with Crippen LogP contribution >= 0.6 is 34.8 Å². The number of benzene rings is 1. The van der Waals surface area contributed by atoms with Crippen molar-refractivity contribution in [3.8, 4) is 0 Å². The lowest BCUT2D eigenvalue weighted by Crippen LogP contribution is -2.08. The zero-order valence-corrected chi connectivity index (χ0v) is 12.2. The van der Waals surface area contributed by atoms with Crippen molar-refractivity contribution < 1.29 is 0 Å². The van der Waals surface area contributed by atoms with Crippen LogP contribution < -0.4 is 5.32 Å². The molecule has 1 heterocycles. The maximum Gasteiger partial charge on any atom is 0.148 e. The topological polar surface area (TPSA) is 29.9 Å². The van der Waals surface area contributed by atoms with Crippen LogP contribution in [0.1, 0.15) is 18.5 Å². The van der Waals surface area contributed by atoms with Crippen LogP contribution in [0.5, 0.6) is 0 Å². The zero-order chi connectivity index (χ0) is 13.3. The van der Waals surface area contributed by atoms with E-state index < -0.39 is 0 Å². The predicted octanol–water partition coefficient (Wildman–Crippen LogP) is 4.55. The lowest BCUT2D eigenvalue weighted by molar-refractivity contribution is 0.760. The Balaban J connectivity index is 2.24. The van der Waals surface area contributed by atoms with Crippen LogP contribution in [0.25, 0.3) is 0 Å². The number of halogens is 3. The van der Waals surface area contributed by atoms with Crippen molar-refractivity contribution in [2.45, 2.75) is 13.0 Å². The monoisotopic (exact) mass is 303 g/mol. The van der Waals surface area contributed by atoms with Crippen LogP contribution in [0.2, 0.25) is 15.1 Å². The minimum Gasteiger partial charge on any atom is -0.362 e. The quantitative estimate of drug-likeness (QED) is 0.843. The van der Waals surface area contributed by atoms with Crippen LogP contribution in [-0.4, -0.2) is 9.78 Å². The van der Waals surface area contributed by atoms with Gasteiger partial charge < -0.3 is 5.32 Å². The standard InChI is InChI=1S/C12H12Cl3N3/c1-7(16-10-5-6-18(2)17-10)8-3-4-9(13)12(15)11(8)14/h3-7H,1-2H3,(H,16,17). The molecule has 3 nitrogen and oxygen atoms in total. The third-order valence-electron chi connectivity index (χ3n) is 2.61. The molecular formula is C12H12Cl3N3. The van der Waals surface area contributed by atoms with Crippen molar-refractivity contribution in [1.82, 2.24) is 9.78 Å². The fourth-order valence-electron chi connectivity index (χ4n) is 1.67. The number of nitrogens with zero attached hydrogens (tertiary/aromatic N) is 2. The fraction of sp³-hybridized carbons (Fsp3) is 0.250. The van der Waals surface area contributed by atoms with Gasteiger partial charge in [-0.1, -0.05) is 40.9 Å². The number of aromatic nitrogens is 2. The van der Waals surface area contributed by atoms with Gasteiger partial charge in [0.05, 0.1) is 21.1 Å². The molecule has 18 heavy (non-hydrogen) atoms. The van der Waals surface area contributed by atoms with E-state index in [1.165, 1.54) is 0 Å². The third kappa shape index (κ3) is 2.74. The summed E-state index contributed by atoms with van der Waals surface area (Å²) in [7, 11) is 1.86. The lowest BCUT2D eigenvalue weighted by Gasteiger charge is -2.16. The molecule has 0 aliphatic carbocycles. The van der Waals surface area contributed by atoms with Gasteiger partial charge in [-0.2, -0.15) is 5.10 Å². The van der Waals surface area contributed by atoms with Gasteiger partial charge in [-0.25, -0.2) is 0 Å². The van der Waals surface area contributed by atoms with Gasteiger partial charge in [-0.3, -0.25) is 4.68 Å². The third-order valence-corrected chi connectivity index (χ3v) is 3.92. The van der Waals surface area contributed by atoms with Crippen molar-refractivity contribution in [2.75, 3.05) is 5.32 Å². The summed E-state index contributed by atoms with van der Waals surface area (Å²) in [6, 6.07) is 5.48. The summed E-state index contributed by atoms with van der Waals surface area (Å²) >= 11 is 18.1. The van der Waals surface area contributed by atoms with Gasteiger partial charge in [-0.05, 0) is 18.6 Å². The Bertz CT molecular complexity index is 566. The maximum absolute atomic E-state index is 6.18. The second-order valence-corrected chi connectivity index (χ2v) is 5.17. The normalized spacial score (nSPS) is 12.5. The molecule has 1 N–H and O–H groups in total. The number of aryl methyl sites for hydroxylation is 1. The van der Waals surface area contributed by atoms with Crippen LogP contribution in [0.4, 0.5) is 5.82 Å². The number of anilines is 1. The molecule has 0 radical (unpaired) electrons. The summed E-state index contributed by atoms with van der Waals surface area (Å²) in [4.78, 5) is 0. The van der Waals surface area contributed by atoms with Gasteiger partial charge in [0.2, 0.25) is 0 Å². The summed E-state index contributed by atoms with van der Waals surface area (Å²) in [6.07, 6.45) is 1.87. The molecule has 0 spiro atoms. The Morgan fingerprint density at radius 1 is 1.17 bits per heavy atom. The highest BCUT2D eigenvalue weighted by Crippen LogP contribution is 2.36. The molecule has 1 atom stereocenters. The summed E-state index contributed by atoms with van der Waals surface area (Å²) < 4.78 is 1.73. The first kappa shape index (κ1) is 13.5.